The van der Waals surface area contributed by atoms with Gasteiger partial charge in [-0.25, -0.2) is 9.78 Å². The van der Waals surface area contributed by atoms with Crippen LogP contribution < -0.4 is 5.69 Å². The maximum Gasteiger partial charge on any atom is 0.416 e. The second-order valence-corrected chi connectivity index (χ2v) is 4.71. The lowest BCUT2D eigenvalue weighted by atomic mass is 10.1. The highest BCUT2D eigenvalue weighted by molar-refractivity contribution is 5.27. The fourth-order valence-electron chi connectivity index (χ4n) is 1.91. The zero-order chi connectivity index (χ0) is 15.6. The Kier molecular flexibility index (Phi) is 4.13. The van der Waals surface area contributed by atoms with Crippen LogP contribution in [0.4, 0.5) is 13.2 Å². The Hall–Kier alpha value is -2.15. The van der Waals surface area contributed by atoms with E-state index in [0.717, 1.165) is 12.1 Å². The normalized spacial score (nSPS) is 13.2. The highest BCUT2D eigenvalue weighted by atomic mass is 19.4. The quantitative estimate of drug-likeness (QED) is 0.946. The number of aliphatic hydroxyl groups is 1. The molecule has 0 radical (unpaired) electrons. The number of rotatable bonds is 3. The number of aromatic nitrogens is 2. The van der Waals surface area contributed by atoms with Crippen molar-refractivity contribution in [3.8, 4) is 0 Å². The summed E-state index contributed by atoms with van der Waals surface area (Å²) in [6.07, 6.45) is -2.83. The zero-order valence-electron chi connectivity index (χ0n) is 11.1. The van der Waals surface area contributed by atoms with Crippen LogP contribution in [0.25, 0.3) is 0 Å². The standard InChI is InChI=1S/C14H13F3N2O2/c1-9-6-18-13(21)19(7-9)8-12(20)10-3-2-4-11(5-10)14(15,16)17/h2-7,12,20H,8H2,1H3. The van der Waals surface area contributed by atoms with Crippen molar-refractivity contribution in [2.75, 3.05) is 0 Å². The summed E-state index contributed by atoms with van der Waals surface area (Å²) in [4.78, 5) is 15.1. The van der Waals surface area contributed by atoms with Gasteiger partial charge in [0.1, 0.15) is 0 Å². The van der Waals surface area contributed by atoms with E-state index in [0.29, 0.717) is 5.56 Å². The molecular weight excluding hydrogens is 285 g/mol. The number of aliphatic hydroxyl groups excluding tert-OH is 1. The predicted molar refractivity (Wildman–Crippen MR) is 69.6 cm³/mol. The number of hydrogen-bond acceptors (Lipinski definition) is 3. The van der Waals surface area contributed by atoms with E-state index >= 15 is 0 Å². The molecule has 1 heterocycles. The maximum absolute atomic E-state index is 12.6. The van der Waals surface area contributed by atoms with Gasteiger partial charge in [-0.15, -0.1) is 0 Å². The Balaban J connectivity index is 2.26. The molecule has 0 spiro atoms. The van der Waals surface area contributed by atoms with E-state index in [1.165, 1.54) is 29.1 Å². The molecule has 1 N–H and O–H groups in total. The van der Waals surface area contributed by atoms with Gasteiger partial charge in [-0.2, -0.15) is 13.2 Å². The molecule has 4 nitrogen and oxygen atoms in total. The average molecular weight is 298 g/mol. The number of alkyl halides is 3. The number of nitrogens with zero attached hydrogens (tertiary/aromatic N) is 2. The van der Waals surface area contributed by atoms with Gasteiger partial charge in [0.25, 0.3) is 0 Å². The summed E-state index contributed by atoms with van der Waals surface area (Å²) in [5.41, 5.74) is -0.593. The van der Waals surface area contributed by atoms with Gasteiger partial charge in [0.2, 0.25) is 0 Å². The van der Waals surface area contributed by atoms with Crippen LogP contribution in [0.2, 0.25) is 0 Å². The van der Waals surface area contributed by atoms with Gasteiger partial charge >= 0.3 is 11.9 Å². The summed E-state index contributed by atoms with van der Waals surface area (Å²) in [6.45, 7) is 1.56. The fraction of sp³-hybridized carbons (Fsp3) is 0.286. The number of aryl methyl sites for hydroxylation is 1. The van der Waals surface area contributed by atoms with Gasteiger partial charge in [0.15, 0.2) is 0 Å². The molecule has 0 aliphatic rings. The van der Waals surface area contributed by atoms with Crippen molar-refractivity contribution in [3.63, 3.8) is 0 Å². The third kappa shape index (κ3) is 3.69. The minimum absolute atomic E-state index is 0.0956. The van der Waals surface area contributed by atoms with Crippen LogP contribution in [-0.2, 0) is 12.7 Å². The molecule has 0 bridgehead atoms. The van der Waals surface area contributed by atoms with Crippen LogP contribution in [0.15, 0.2) is 41.5 Å². The largest absolute Gasteiger partial charge is 0.416 e. The second kappa shape index (κ2) is 5.69. The van der Waals surface area contributed by atoms with E-state index in [-0.39, 0.29) is 12.1 Å². The third-order valence-corrected chi connectivity index (χ3v) is 2.95. The van der Waals surface area contributed by atoms with Crippen molar-refractivity contribution in [2.45, 2.75) is 25.7 Å². The Morgan fingerprint density at radius 1 is 1.38 bits per heavy atom. The van der Waals surface area contributed by atoms with E-state index in [1.807, 2.05) is 0 Å². The van der Waals surface area contributed by atoms with Gasteiger partial charge in [0, 0.05) is 12.4 Å². The van der Waals surface area contributed by atoms with Crippen LogP contribution in [0.5, 0.6) is 0 Å². The van der Waals surface area contributed by atoms with Gasteiger partial charge in [-0.1, -0.05) is 12.1 Å². The first-order valence-corrected chi connectivity index (χ1v) is 6.15. The summed E-state index contributed by atoms with van der Waals surface area (Å²) < 4.78 is 39.1. The molecule has 0 fully saturated rings. The molecule has 2 aromatic rings. The minimum atomic E-state index is -4.47. The molecule has 0 aliphatic heterocycles. The van der Waals surface area contributed by atoms with Crippen LogP contribution in [0.1, 0.15) is 22.8 Å². The van der Waals surface area contributed by atoms with Gasteiger partial charge < -0.3 is 5.11 Å². The summed E-state index contributed by atoms with van der Waals surface area (Å²) in [6, 6.07) is 4.41. The van der Waals surface area contributed by atoms with Gasteiger partial charge in [-0.3, -0.25) is 4.57 Å². The highest BCUT2D eigenvalue weighted by Crippen LogP contribution is 2.30. The topological polar surface area (TPSA) is 55.1 Å². The first-order chi connectivity index (χ1) is 9.77. The second-order valence-electron chi connectivity index (χ2n) is 4.71. The fourth-order valence-corrected chi connectivity index (χ4v) is 1.91. The molecule has 1 unspecified atom stereocenters. The van der Waals surface area contributed by atoms with Crippen LogP contribution in [0.3, 0.4) is 0 Å². The van der Waals surface area contributed by atoms with Crippen molar-refractivity contribution in [1.29, 1.82) is 0 Å². The van der Waals surface area contributed by atoms with E-state index in [9.17, 15) is 23.1 Å². The summed E-state index contributed by atoms with van der Waals surface area (Å²) >= 11 is 0. The molecule has 0 saturated carbocycles. The minimum Gasteiger partial charge on any atom is -0.387 e. The Labute approximate surface area is 118 Å². The van der Waals surface area contributed by atoms with Crippen LogP contribution >= 0.6 is 0 Å². The predicted octanol–water partition coefficient (Wildman–Crippen LogP) is 2.30. The zero-order valence-corrected chi connectivity index (χ0v) is 11.1. The molecule has 1 aromatic carbocycles. The molecule has 1 atom stereocenters. The van der Waals surface area contributed by atoms with Crippen LogP contribution in [0, 0.1) is 6.92 Å². The number of hydrogen-bond donors (Lipinski definition) is 1. The summed E-state index contributed by atoms with van der Waals surface area (Å²) in [7, 11) is 0. The lowest BCUT2D eigenvalue weighted by Crippen LogP contribution is -2.25. The highest BCUT2D eigenvalue weighted by Gasteiger charge is 2.30. The van der Waals surface area contributed by atoms with Gasteiger partial charge in [0.05, 0.1) is 18.2 Å². The number of benzene rings is 1. The molecule has 1 aromatic heterocycles. The first-order valence-electron chi connectivity index (χ1n) is 6.15. The smallest absolute Gasteiger partial charge is 0.387 e. The van der Waals surface area contributed by atoms with E-state index in [2.05, 4.69) is 4.98 Å². The molecule has 2 rings (SSSR count). The third-order valence-electron chi connectivity index (χ3n) is 2.95. The molecule has 0 saturated heterocycles. The lowest BCUT2D eigenvalue weighted by molar-refractivity contribution is -0.137. The molecule has 21 heavy (non-hydrogen) atoms. The Bertz CT molecular complexity index is 695. The van der Waals surface area contributed by atoms with Crippen LogP contribution in [-0.4, -0.2) is 14.7 Å². The van der Waals surface area contributed by atoms with Crippen molar-refractivity contribution < 1.29 is 18.3 Å². The van der Waals surface area contributed by atoms with E-state index in [1.54, 1.807) is 6.92 Å². The molecule has 0 aliphatic carbocycles. The van der Waals surface area contributed by atoms with Crippen molar-refractivity contribution in [2.24, 2.45) is 0 Å². The SMILES string of the molecule is Cc1cnc(=O)n(CC(O)c2cccc(C(F)(F)F)c2)c1. The first kappa shape index (κ1) is 15.2. The van der Waals surface area contributed by atoms with Crippen molar-refractivity contribution >= 4 is 0 Å². The lowest BCUT2D eigenvalue weighted by Gasteiger charge is -2.15. The molecule has 7 heteroatoms. The Morgan fingerprint density at radius 2 is 2.10 bits per heavy atom. The van der Waals surface area contributed by atoms with Crippen molar-refractivity contribution in [1.82, 2.24) is 9.55 Å². The maximum atomic E-state index is 12.6. The van der Waals surface area contributed by atoms with E-state index < -0.39 is 23.5 Å². The van der Waals surface area contributed by atoms with Gasteiger partial charge in [-0.05, 0) is 30.2 Å². The monoisotopic (exact) mass is 298 g/mol. The summed E-state index contributed by atoms with van der Waals surface area (Å²) in [5, 5.41) is 10.0. The average Bonchev–Trinajstić information content (AvgIpc) is 2.42. The molecule has 0 amide bonds. The van der Waals surface area contributed by atoms with E-state index in [4.69, 9.17) is 0 Å². The molecule has 112 valence electrons. The molecular formula is C14H13F3N2O2. The number of halogens is 3. The van der Waals surface area contributed by atoms with Crippen molar-refractivity contribution in [3.05, 3.63) is 63.8 Å². The Morgan fingerprint density at radius 3 is 2.76 bits per heavy atom. The summed E-state index contributed by atoms with van der Waals surface area (Å²) in [5.74, 6) is 0.